The van der Waals surface area contributed by atoms with Gasteiger partial charge in [-0.3, -0.25) is 14.8 Å². The van der Waals surface area contributed by atoms with Crippen LogP contribution in [0.3, 0.4) is 0 Å². The van der Waals surface area contributed by atoms with Crippen LogP contribution in [0.25, 0.3) is 22.8 Å². The SMILES string of the molecule is COCCC(=O)N(C)c1ccc(-c2cc(-c3noc(C(F)(F)F)n3)ccn2)nc1. The average Bonchev–Trinajstić information content (AvgIpc) is 3.22. The molecule has 29 heavy (non-hydrogen) atoms. The minimum Gasteiger partial charge on any atom is -0.384 e. The number of carbonyl (C=O) groups is 1. The lowest BCUT2D eigenvalue weighted by Gasteiger charge is -2.17. The Kier molecular flexibility index (Phi) is 5.87. The molecule has 0 saturated carbocycles. The van der Waals surface area contributed by atoms with E-state index in [0.717, 1.165) is 0 Å². The summed E-state index contributed by atoms with van der Waals surface area (Å²) in [5, 5.41) is 3.36. The Hall–Kier alpha value is -3.34. The number of rotatable bonds is 6. The van der Waals surface area contributed by atoms with E-state index in [4.69, 9.17) is 4.74 Å². The molecule has 3 heterocycles. The molecule has 0 radical (unpaired) electrons. The quantitative estimate of drug-likeness (QED) is 0.619. The first-order valence-electron chi connectivity index (χ1n) is 8.39. The number of hydrogen-bond donors (Lipinski definition) is 0. The highest BCUT2D eigenvalue weighted by Gasteiger charge is 2.38. The molecule has 0 fully saturated rings. The van der Waals surface area contributed by atoms with Crippen molar-refractivity contribution in [2.24, 2.45) is 0 Å². The third-order valence-corrected chi connectivity index (χ3v) is 3.98. The summed E-state index contributed by atoms with van der Waals surface area (Å²) in [5.74, 6) is -1.75. The van der Waals surface area contributed by atoms with E-state index in [1.807, 2.05) is 0 Å². The Bertz CT molecular complexity index is 989. The van der Waals surface area contributed by atoms with Crippen LogP contribution in [-0.4, -0.2) is 46.8 Å². The molecular formula is C18H16F3N5O3. The number of hydrogen-bond acceptors (Lipinski definition) is 7. The second-order valence-corrected chi connectivity index (χ2v) is 5.95. The summed E-state index contributed by atoms with van der Waals surface area (Å²) in [4.78, 5) is 25.3. The molecule has 0 saturated heterocycles. The number of aromatic nitrogens is 4. The number of halogens is 3. The highest BCUT2D eigenvalue weighted by molar-refractivity contribution is 5.92. The van der Waals surface area contributed by atoms with E-state index in [9.17, 15) is 18.0 Å². The summed E-state index contributed by atoms with van der Waals surface area (Å²) in [5.41, 5.74) is 1.75. The van der Waals surface area contributed by atoms with Crippen molar-refractivity contribution >= 4 is 11.6 Å². The molecule has 11 heteroatoms. The van der Waals surface area contributed by atoms with Crippen LogP contribution in [-0.2, 0) is 15.7 Å². The Labute approximate surface area is 163 Å². The highest BCUT2D eigenvalue weighted by Crippen LogP contribution is 2.30. The van der Waals surface area contributed by atoms with Crippen LogP contribution in [0.4, 0.5) is 18.9 Å². The second kappa shape index (κ2) is 8.35. The van der Waals surface area contributed by atoms with Gasteiger partial charge < -0.3 is 14.2 Å². The molecule has 0 aliphatic heterocycles. The standard InChI is InChI=1S/C18H16F3N5O3/c1-26(15(27)6-8-28-2)12-3-4-13(23-10-12)14-9-11(5-7-22-14)16-24-17(29-25-16)18(19,20)21/h3-5,7,9-10H,6,8H2,1-2H3. The third kappa shape index (κ3) is 4.74. The molecule has 152 valence electrons. The zero-order chi connectivity index (χ0) is 21.0. The summed E-state index contributed by atoms with van der Waals surface area (Å²) in [7, 11) is 3.14. The molecule has 1 amide bonds. The summed E-state index contributed by atoms with van der Waals surface area (Å²) < 4.78 is 47.1. The van der Waals surface area contributed by atoms with Crippen molar-refractivity contribution in [1.82, 2.24) is 20.1 Å². The predicted molar refractivity (Wildman–Crippen MR) is 95.7 cm³/mol. The molecule has 0 spiro atoms. The fourth-order valence-corrected chi connectivity index (χ4v) is 2.40. The van der Waals surface area contributed by atoms with E-state index in [1.54, 1.807) is 19.2 Å². The number of anilines is 1. The van der Waals surface area contributed by atoms with Gasteiger partial charge >= 0.3 is 12.1 Å². The van der Waals surface area contributed by atoms with Crippen molar-refractivity contribution in [3.8, 4) is 22.8 Å². The van der Waals surface area contributed by atoms with Gasteiger partial charge in [-0.2, -0.15) is 18.2 Å². The molecule has 0 aliphatic carbocycles. The summed E-state index contributed by atoms with van der Waals surface area (Å²) in [6.45, 7) is 0.317. The predicted octanol–water partition coefficient (Wildman–Crippen LogP) is 3.21. The number of pyridine rings is 2. The lowest BCUT2D eigenvalue weighted by molar-refractivity contribution is -0.159. The molecule has 0 N–H and O–H groups in total. The van der Waals surface area contributed by atoms with Crippen molar-refractivity contribution in [2.75, 3.05) is 25.7 Å². The second-order valence-electron chi connectivity index (χ2n) is 5.95. The monoisotopic (exact) mass is 407 g/mol. The van der Waals surface area contributed by atoms with Crippen molar-refractivity contribution in [1.29, 1.82) is 0 Å². The molecule has 0 atom stereocenters. The molecule has 3 aromatic heterocycles. The summed E-state index contributed by atoms with van der Waals surface area (Å²) >= 11 is 0. The van der Waals surface area contributed by atoms with Crippen LogP contribution < -0.4 is 4.90 Å². The van der Waals surface area contributed by atoms with E-state index < -0.39 is 12.1 Å². The Morgan fingerprint density at radius 1 is 1.21 bits per heavy atom. The topological polar surface area (TPSA) is 94.2 Å². The fourth-order valence-electron chi connectivity index (χ4n) is 2.40. The first-order chi connectivity index (χ1) is 13.8. The van der Waals surface area contributed by atoms with Gasteiger partial charge in [-0.15, -0.1) is 0 Å². The van der Waals surface area contributed by atoms with Crippen LogP contribution in [0, 0.1) is 0 Å². The fraction of sp³-hybridized carbons (Fsp3) is 0.278. The number of ether oxygens (including phenoxy) is 1. The third-order valence-electron chi connectivity index (χ3n) is 3.98. The van der Waals surface area contributed by atoms with Gasteiger partial charge in [0.05, 0.1) is 36.3 Å². The molecule has 3 aromatic rings. The molecular weight excluding hydrogens is 391 g/mol. The molecule has 0 bridgehead atoms. The Morgan fingerprint density at radius 3 is 2.62 bits per heavy atom. The van der Waals surface area contributed by atoms with Crippen LogP contribution in [0.1, 0.15) is 12.3 Å². The Balaban J connectivity index is 1.80. The average molecular weight is 407 g/mol. The number of nitrogens with zero attached hydrogens (tertiary/aromatic N) is 5. The molecule has 0 aliphatic rings. The number of amides is 1. The molecule has 3 rings (SSSR count). The summed E-state index contributed by atoms with van der Waals surface area (Å²) in [6.07, 6.45) is -1.57. The molecule has 0 unspecified atom stereocenters. The lowest BCUT2D eigenvalue weighted by Crippen LogP contribution is -2.27. The first kappa shape index (κ1) is 20.4. The number of methoxy groups -OCH3 is 1. The maximum absolute atomic E-state index is 12.6. The van der Waals surface area contributed by atoms with Gasteiger partial charge in [-0.1, -0.05) is 5.16 Å². The molecule has 8 nitrogen and oxygen atoms in total. The first-order valence-corrected chi connectivity index (χ1v) is 8.39. The van der Waals surface area contributed by atoms with E-state index in [2.05, 4.69) is 24.6 Å². The van der Waals surface area contributed by atoms with Crippen molar-refractivity contribution in [2.45, 2.75) is 12.6 Å². The minimum atomic E-state index is -4.72. The van der Waals surface area contributed by atoms with Crippen LogP contribution >= 0.6 is 0 Å². The van der Waals surface area contributed by atoms with Gasteiger partial charge in [0.25, 0.3) is 0 Å². The zero-order valence-electron chi connectivity index (χ0n) is 15.5. The van der Waals surface area contributed by atoms with Crippen molar-refractivity contribution in [3.05, 3.63) is 42.5 Å². The molecule has 0 aromatic carbocycles. The largest absolute Gasteiger partial charge is 0.471 e. The van der Waals surface area contributed by atoms with E-state index in [-0.39, 0.29) is 18.2 Å². The van der Waals surface area contributed by atoms with Gasteiger partial charge in [0.15, 0.2) is 0 Å². The number of carbonyl (C=O) groups excluding carboxylic acids is 1. The maximum atomic E-state index is 12.6. The maximum Gasteiger partial charge on any atom is 0.471 e. The van der Waals surface area contributed by atoms with Gasteiger partial charge in [0.1, 0.15) is 0 Å². The van der Waals surface area contributed by atoms with E-state index >= 15 is 0 Å². The van der Waals surface area contributed by atoms with Crippen molar-refractivity contribution < 1.29 is 27.2 Å². The smallest absolute Gasteiger partial charge is 0.384 e. The van der Waals surface area contributed by atoms with Gasteiger partial charge in [0, 0.05) is 25.9 Å². The minimum absolute atomic E-state index is 0.126. The van der Waals surface area contributed by atoms with Crippen LogP contribution in [0.5, 0.6) is 0 Å². The normalized spacial score (nSPS) is 11.5. The van der Waals surface area contributed by atoms with E-state index in [0.29, 0.717) is 29.2 Å². The lowest BCUT2D eigenvalue weighted by atomic mass is 10.1. The summed E-state index contributed by atoms with van der Waals surface area (Å²) in [6, 6.07) is 6.31. The zero-order valence-corrected chi connectivity index (χ0v) is 15.5. The van der Waals surface area contributed by atoms with Gasteiger partial charge in [-0.25, -0.2) is 0 Å². The van der Waals surface area contributed by atoms with Crippen molar-refractivity contribution in [3.63, 3.8) is 0 Å². The van der Waals surface area contributed by atoms with E-state index in [1.165, 1.54) is 36.5 Å². The van der Waals surface area contributed by atoms with Crippen LogP contribution in [0.15, 0.2) is 41.2 Å². The van der Waals surface area contributed by atoms with Gasteiger partial charge in [0.2, 0.25) is 11.7 Å². The highest BCUT2D eigenvalue weighted by atomic mass is 19.4. The van der Waals surface area contributed by atoms with Gasteiger partial charge in [-0.05, 0) is 24.3 Å². The Morgan fingerprint density at radius 2 is 2.00 bits per heavy atom. The van der Waals surface area contributed by atoms with Crippen LogP contribution in [0.2, 0.25) is 0 Å². The number of alkyl halides is 3.